The van der Waals surface area contributed by atoms with Gasteiger partial charge in [-0.25, -0.2) is 0 Å². The Bertz CT molecular complexity index is 277. The average Bonchev–Trinajstić information content (AvgIpc) is 2.75. The lowest BCUT2D eigenvalue weighted by atomic mass is 9.84. The summed E-state index contributed by atoms with van der Waals surface area (Å²) in [4.78, 5) is 5.43. The Morgan fingerprint density at radius 3 is 2.72 bits per heavy atom. The summed E-state index contributed by atoms with van der Waals surface area (Å²) < 4.78 is 0. The number of piperazine rings is 1. The van der Waals surface area contributed by atoms with Crippen LogP contribution < -0.4 is 5.32 Å². The van der Waals surface area contributed by atoms with Crippen LogP contribution in [0, 0.1) is 5.41 Å². The fourth-order valence-electron chi connectivity index (χ4n) is 3.52. The van der Waals surface area contributed by atoms with Crippen molar-refractivity contribution in [3.05, 3.63) is 0 Å². The van der Waals surface area contributed by atoms with Crippen molar-refractivity contribution in [2.24, 2.45) is 5.41 Å². The molecule has 3 unspecified atom stereocenters. The van der Waals surface area contributed by atoms with Crippen LogP contribution in [0.4, 0.5) is 0 Å². The quantitative estimate of drug-likeness (QED) is 0.824. The molecule has 0 bridgehead atoms. The van der Waals surface area contributed by atoms with Crippen molar-refractivity contribution in [3.8, 4) is 0 Å². The molecular weight excluding hydrogens is 222 g/mol. The van der Waals surface area contributed by atoms with E-state index < -0.39 is 0 Å². The predicted octanol–water partition coefficient (Wildman–Crippen LogP) is 1.79. The lowest BCUT2D eigenvalue weighted by Gasteiger charge is -2.46. The molecule has 18 heavy (non-hydrogen) atoms. The first-order valence-corrected chi connectivity index (χ1v) is 7.59. The molecule has 2 aliphatic heterocycles. The highest BCUT2D eigenvalue weighted by molar-refractivity contribution is 4.93. The van der Waals surface area contributed by atoms with E-state index in [1.165, 1.54) is 39.0 Å². The van der Waals surface area contributed by atoms with Crippen LogP contribution in [-0.2, 0) is 0 Å². The molecule has 106 valence electrons. The zero-order valence-corrected chi connectivity index (χ0v) is 12.9. The van der Waals surface area contributed by atoms with Gasteiger partial charge in [0.15, 0.2) is 0 Å². The molecule has 0 radical (unpaired) electrons. The summed E-state index contributed by atoms with van der Waals surface area (Å²) in [6.07, 6.45) is 2.81. The average molecular weight is 253 g/mol. The van der Waals surface area contributed by atoms with Gasteiger partial charge in [0.2, 0.25) is 0 Å². The van der Waals surface area contributed by atoms with E-state index >= 15 is 0 Å². The minimum Gasteiger partial charge on any atom is -0.317 e. The van der Waals surface area contributed by atoms with Gasteiger partial charge in [-0.15, -0.1) is 0 Å². The number of fused-ring (bicyclic) bond motifs is 1. The van der Waals surface area contributed by atoms with Gasteiger partial charge in [0.25, 0.3) is 0 Å². The van der Waals surface area contributed by atoms with E-state index in [4.69, 9.17) is 0 Å². The SMILES string of the molecule is CNC(C)C(C)(C)CN1CC2CCCN2CC1C. The van der Waals surface area contributed by atoms with Gasteiger partial charge in [0.05, 0.1) is 0 Å². The normalized spacial score (nSPS) is 32.5. The summed E-state index contributed by atoms with van der Waals surface area (Å²) in [5.41, 5.74) is 0.337. The van der Waals surface area contributed by atoms with Crippen LogP contribution >= 0.6 is 0 Å². The Morgan fingerprint density at radius 1 is 1.33 bits per heavy atom. The second-order valence-electron chi connectivity index (χ2n) is 7.07. The molecule has 0 saturated carbocycles. The predicted molar refractivity (Wildman–Crippen MR) is 77.9 cm³/mol. The summed E-state index contributed by atoms with van der Waals surface area (Å²) in [7, 11) is 2.07. The molecular formula is C15H31N3. The summed E-state index contributed by atoms with van der Waals surface area (Å²) >= 11 is 0. The minimum atomic E-state index is 0.337. The van der Waals surface area contributed by atoms with Crippen LogP contribution in [0.15, 0.2) is 0 Å². The standard InChI is InChI=1S/C15H31N3/c1-12-9-17-8-6-7-14(17)10-18(12)11-15(3,4)13(2)16-5/h12-14,16H,6-11H2,1-5H3. The highest BCUT2D eigenvalue weighted by Crippen LogP contribution is 2.29. The third kappa shape index (κ3) is 2.89. The summed E-state index contributed by atoms with van der Waals surface area (Å²) in [5.74, 6) is 0. The Hall–Kier alpha value is -0.120. The van der Waals surface area contributed by atoms with Crippen molar-refractivity contribution < 1.29 is 0 Å². The van der Waals surface area contributed by atoms with Crippen molar-refractivity contribution in [1.82, 2.24) is 15.1 Å². The van der Waals surface area contributed by atoms with Gasteiger partial charge in [0, 0.05) is 37.8 Å². The first-order chi connectivity index (χ1) is 8.44. The Morgan fingerprint density at radius 2 is 2.06 bits per heavy atom. The maximum absolute atomic E-state index is 3.42. The van der Waals surface area contributed by atoms with Crippen LogP contribution in [0.5, 0.6) is 0 Å². The molecule has 3 heteroatoms. The van der Waals surface area contributed by atoms with Gasteiger partial charge in [-0.3, -0.25) is 9.80 Å². The maximum atomic E-state index is 3.42. The molecule has 2 heterocycles. The molecule has 0 spiro atoms. The second-order valence-corrected chi connectivity index (χ2v) is 7.07. The first-order valence-electron chi connectivity index (χ1n) is 7.59. The fourth-order valence-corrected chi connectivity index (χ4v) is 3.52. The van der Waals surface area contributed by atoms with Crippen LogP contribution in [-0.4, -0.2) is 61.2 Å². The highest BCUT2D eigenvalue weighted by atomic mass is 15.3. The van der Waals surface area contributed by atoms with Crippen LogP contribution in [0.2, 0.25) is 0 Å². The summed E-state index contributed by atoms with van der Waals surface area (Å²) in [6.45, 7) is 14.6. The van der Waals surface area contributed by atoms with E-state index in [9.17, 15) is 0 Å². The molecule has 0 aromatic rings. The highest BCUT2D eigenvalue weighted by Gasteiger charge is 2.37. The van der Waals surface area contributed by atoms with Crippen molar-refractivity contribution >= 4 is 0 Å². The number of hydrogen-bond acceptors (Lipinski definition) is 3. The molecule has 3 atom stereocenters. The number of nitrogens with zero attached hydrogens (tertiary/aromatic N) is 2. The molecule has 2 fully saturated rings. The maximum Gasteiger partial charge on any atom is 0.0224 e. The van der Waals surface area contributed by atoms with E-state index in [-0.39, 0.29) is 0 Å². The number of rotatable bonds is 4. The summed E-state index contributed by atoms with van der Waals surface area (Å²) in [6, 6.07) is 2.11. The zero-order chi connectivity index (χ0) is 13.3. The van der Waals surface area contributed by atoms with Gasteiger partial charge in [-0.1, -0.05) is 13.8 Å². The molecule has 0 aromatic heterocycles. The molecule has 2 saturated heterocycles. The lowest BCUT2D eigenvalue weighted by Crippen LogP contribution is -2.58. The van der Waals surface area contributed by atoms with Gasteiger partial charge in [-0.2, -0.15) is 0 Å². The molecule has 2 rings (SSSR count). The van der Waals surface area contributed by atoms with E-state index in [0.717, 1.165) is 6.04 Å². The fraction of sp³-hybridized carbons (Fsp3) is 1.00. The smallest absolute Gasteiger partial charge is 0.0224 e. The number of hydrogen-bond donors (Lipinski definition) is 1. The van der Waals surface area contributed by atoms with Gasteiger partial charge < -0.3 is 5.32 Å². The lowest BCUT2D eigenvalue weighted by molar-refractivity contribution is 0.0264. The second kappa shape index (κ2) is 5.48. The van der Waals surface area contributed by atoms with E-state index in [0.29, 0.717) is 17.5 Å². The minimum absolute atomic E-state index is 0.337. The first kappa shape index (κ1) is 14.3. The van der Waals surface area contributed by atoms with Crippen LogP contribution in [0.25, 0.3) is 0 Å². The molecule has 1 N–H and O–H groups in total. The van der Waals surface area contributed by atoms with Crippen molar-refractivity contribution in [3.63, 3.8) is 0 Å². The molecule has 2 aliphatic rings. The number of nitrogens with one attached hydrogen (secondary N) is 1. The third-order valence-corrected chi connectivity index (χ3v) is 5.28. The Labute approximate surface area is 113 Å². The van der Waals surface area contributed by atoms with Gasteiger partial charge in [0.1, 0.15) is 0 Å². The zero-order valence-electron chi connectivity index (χ0n) is 12.9. The summed E-state index contributed by atoms with van der Waals surface area (Å²) in [5, 5.41) is 3.42. The molecule has 0 aliphatic carbocycles. The molecule has 0 aromatic carbocycles. The van der Waals surface area contributed by atoms with Gasteiger partial charge >= 0.3 is 0 Å². The Balaban J connectivity index is 1.96. The molecule has 0 amide bonds. The third-order valence-electron chi connectivity index (χ3n) is 5.28. The topological polar surface area (TPSA) is 18.5 Å². The largest absolute Gasteiger partial charge is 0.317 e. The van der Waals surface area contributed by atoms with E-state index in [1.54, 1.807) is 0 Å². The van der Waals surface area contributed by atoms with Crippen molar-refractivity contribution in [2.75, 3.05) is 33.2 Å². The van der Waals surface area contributed by atoms with E-state index in [1.807, 2.05) is 0 Å². The van der Waals surface area contributed by atoms with Crippen molar-refractivity contribution in [1.29, 1.82) is 0 Å². The van der Waals surface area contributed by atoms with Crippen molar-refractivity contribution in [2.45, 2.75) is 58.7 Å². The van der Waals surface area contributed by atoms with Crippen LogP contribution in [0.1, 0.15) is 40.5 Å². The van der Waals surface area contributed by atoms with Crippen LogP contribution in [0.3, 0.4) is 0 Å². The molecule has 3 nitrogen and oxygen atoms in total. The van der Waals surface area contributed by atoms with E-state index in [2.05, 4.69) is 49.9 Å². The van der Waals surface area contributed by atoms with Gasteiger partial charge in [-0.05, 0) is 45.7 Å². The Kier molecular flexibility index (Phi) is 4.35. The monoisotopic (exact) mass is 253 g/mol.